The third kappa shape index (κ3) is 3.45. The summed E-state index contributed by atoms with van der Waals surface area (Å²) in [4.78, 5) is 17.0. The van der Waals surface area contributed by atoms with E-state index in [9.17, 15) is 9.18 Å². The minimum atomic E-state index is -0.425. The molecule has 3 aromatic rings. The summed E-state index contributed by atoms with van der Waals surface area (Å²) in [6.07, 6.45) is 0. The highest BCUT2D eigenvalue weighted by Crippen LogP contribution is 2.21. The molecule has 0 saturated heterocycles. The molecule has 0 fully saturated rings. The van der Waals surface area contributed by atoms with Crippen molar-refractivity contribution in [3.05, 3.63) is 53.1 Å². The molecule has 3 rings (SSSR count). The molecule has 1 N–H and O–H groups in total. The van der Waals surface area contributed by atoms with Gasteiger partial charge in [-0.2, -0.15) is 5.10 Å². The van der Waals surface area contributed by atoms with Crippen molar-refractivity contribution >= 4 is 16.9 Å². The molecule has 1 amide bonds. The van der Waals surface area contributed by atoms with Crippen LogP contribution in [0.25, 0.3) is 11.0 Å². The Morgan fingerprint density at radius 2 is 2.08 bits per heavy atom. The normalized spacial score (nSPS) is 10.9. The third-order valence-corrected chi connectivity index (χ3v) is 3.82. The lowest BCUT2D eigenvalue weighted by Gasteiger charge is -2.09. The van der Waals surface area contributed by atoms with Gasteiger partial charge in [0.1, 0.15) is 6.61 Å². The fourth-order valence-electron chi connectivity index (χ4n) is 2.73. The van der Waals surface area contributed by atoms with E-state index in [2.05, 4.69) is 15.4 Å². The van der Waals surface area contributed by atoms with E-state index in [1.807, 2.05) is 13.8 Å². The van der Waals surface area contributed by atoms with Gasteiger partial charge >= 0.3 is 0 Å². The molecule has 0 spiro atoms. The Morgan fingerprint density at radius 1 is 1.32 bits per heavy atom. The summed E-state index contributed by atoms with van der Waals surface area (Å²) in [5.41, 5.74) is 2.69. The summed E-state index contributed by atoms with van der Waals surface area (Å²) in [6, 6.07) is 7.90. The molecule has 0 saturated carbocycles. The summed E-state index contributed by atoms with van der Waals surface area (Å²) < 4.78 is 20.5. The lowest BCUT2D eigenvalue weighted by molar-refractivity contribution is 0.0948. The van der Waals surface area contributed by atoms with Crippen LogP contribution in [0.3, 0.4) is 0 Å². The number of halogens is 1. The van der Waals surface area contributed by atoms with Crippen molar-refractivity contribution in [2.24, 2.45) is 7.05 Å². The van der Waals surface area contributed by atoms with Gasteiger partial charge in [-0.15, -0.1) is 0 Å². The summed E-state index contributed by atoms with van der Waals surface area (Å²) in [5, 5.41) is 7.86. The Kier molecular flexibility index (Phi) is 4.65. The molecule has 2 aromatic heterocycles. The van der Waals surface area contributed by atoms with Crippen molar-refractivity contribution in [3.63, 3.8) is 0 Å². The Labute approximate surface area is 144 Å². The van der Waals surface area contributed by atoms with Crippen LogP contribution in [0.2, 0.25) is 0 Å². The number of amides is 1. The third-order valence-electron chi connectivity index (χ3n) is 3.82. The number of ether oxygens (including phenoxy) is 1. The number of hydrogen-bond acceptors (Lipinski definition) is 4. The maximum atomic E-state index is 13.5. The van der Waals surface area contributed by atoms with E-state index < -0.39 is 5.82 Å². The predicted molar refractivity (Wildman–Crippen MR) is 92.2 cm³/mol. The predicted octanol–water partition coefficient (Wildman–Crippen LogP) is 2.53. The summed E-state index contributed by atoms with van der Waals surface area (Å²) in [5.74, 6) is -0.489. The van der Waals surface area contributed by atoms with Gasteiger partial charge < -0.3 is 10.1 Å². The molecule has 0 aliphatic heterocycles. The summed E-state index contributed by atoms with van der Waals surface area (Å²) in [7, 11) is 1.80. The molecule has 25 heavy (non-hydrogen) atoms. The van der Waals surface area contributed by atoms with Crippen LogP contribution in [0.15, 0.2) is 30.3 Å². The van der Waals surface area contributed by atoms with Gasteiger partial charge in [0.05, 0.1) is 23.2 Å². The molecule has 6 nitrogen and oxygen atoms in total. The zero-order valence-corrected chi connectivity index (χ0v) is 14.3. The zero-order chi connectivity index (χ0) is 18.0. The Hall–Kier alpha value is -2.96. The maximum absolute atomic E-state index is 13.5. The van der Waals surface area contributed by atoms with Gasteiger partial charge in [0.2, 0.25) is 0 Å². The minimum Gasteiger partial charge on any atom is -0.489 e. The molecule has 0 bridgehead atoms. The largest absolute Gasteiger partial charge is 0.489 e. The lowest BCUT2D eigenvalue weighted by Crippen LogP contribution is -2.28. The molecule has 0 aliphatic rings. The fraction of sp³-hybridized carbons (Fsp3) is 0.278. The molecular formula is C18H19FN4O2. The smallest absolute Gasteiger partial charge is 0.252 e. The molecule has 7 heteroatoms. The second-order valence-corrected chi connectivity index (χ2v) is 5.75. The highest BCUT2D eigenvalue weighted by molar-refractivity contribution is 6.06. The van der Waals surface area contributed by atoms with Crippen LogP contribution in [0.4, 0.5) is 4.39 Å². The van der Waals surface area contributed by atoms with E-state index in [4.69, 9.17) is 4.74 Å². The summed E-state index contributed by atoms with van der Waals surface area (Å²) in [6.45, 7) is 4.11. The highest BCUT2D eigenvalue weighted by atomic mass is 19.1. The summed E-state index contributed by atoms with van der Waals surface area (Å²) >= 11 is 0. The first-order valence-electron chi connectivity index (χ1n) is 7.94. The first-order valence-corrected chi connectivity index (χ1v) is 7.94. The fourth-order valence-corrected chi connectivity index (χ4v) is 2.73. The molecule has 0 aliphatic carbocycles. The molecule has 0 atom stereocenters. The molecule has 130 valence electrons. The topological polar surface area (TPSA) is 69.0 Å². The van der Waals surface area contributed by atoms with Gasteiger partial charge in [-0.3, -0.25) is 9.48 Å². The van der Waals surface area contributed by atoms with E-state index in [-0.39, 0.29) is 24.8 Å². The van der Waals surface area contributed by atoms with E-state index in [0.717, 1.165) is 16.8 Å². The molecule has 2 heterocycles. The number of aryl methyl sites for hydroxylation is 3. The SMILES string of the molecule is Cc1cc(C(=O)NCCOc2ccccc2F)c2c(C)nn(C)c2n1. The second-order valence-electron chi connectivity index (χ2n) is 5.75. The van der Waals surface area contributed by atoms with Gasteiger partial charge in [-0.25, -0.2) is 9.37 Å². The van der Waals surface area contributed by atoms with E-state index in [1.165, 1.54) is 6.07 Å². The van der Waals surface area contributed by atoms with Gasteiger partial charge in [-0.1, -0.05) is 12.1 Å². The van der Waals surface area contributed by atoms with Crippen molar-refractivity contribution in [2.45, 2.75) is 13.8 Å². The molecule has 0 radical (unpaired) electrons. The van der Waals surface area contributed by atoms with E-state index >= 15 is 0 Å². The first kappa shape index (κ1) is 16.9. The number of hydrogen-bond donors (Lipinski definition) is 1. The quantitative estimate of drug-likeness (QED) is 0.724. The number of carbonyl (C=O) groups is 1. The Morgan fingerprint density at radius 3 is 2.84 bits per heavy atom. The van der Waals surface area contributed by atoms with Crippen LogP contribution in [0, 0.1) is 19.7 Å². The number of nitrogens with one attached hydrogen (secondary N) is 1. The van der Waals surface area contributed by atoms with Crippen molar-refractivity contribution in [2.75, 3.05) is 13.2 Å². The Balaban J connectivity index is 1.70. The van der Waals surface area contributed by atoms with Crippen molar-refractivity contribution in [1.29, 1.82) is 0 Å². The van der Waals surface area contributed by atoms with Crippen LogP contribution in [-0.4, -0.2) is 33.8 Å². The average Bonchev–Trinajstić information content (AvgIpc) is 2.86. The van der Waals surface area contributed by atoms with Crippen LogP contribution in [-0.2, 0) is 7.05 Å². The van der Waals surface area contributed by atoms with Crippen LogP contribution >= 0.6 is 0 Å². The van der Waals surface area contributed by atoms with Gasteiger partial charge in [0.15, 0.2) is 17.2 Å². The lowest BCUT2D eigenvalue weighted by atomic mass is 10.1. The van der Waals surface area contributed by atoms with Crippen molar-refractivity contribution in [1.82, 2.24) is 20.1 Å². The number of aromatic nitrogens is 3. The van der Waals surface area contributed by atoms with Crippen LogP contribution in [0.5, 0.6) is 5.75 Å². The van der Waals surface area contributed by atoms with Gasteiger partial charge in [0.25, 0.3) is 5.91 Å². The van der Waals surface area contributed by atoms with Crippen molar-refractivity contribution < 1.29 is 13.9 Å². The highest BCUT2D eigenvalue weighted by Gasteiger charge is 2.17. The molecular weight excluding hydrogens is 323 g/mol. The monoisotopic (exact) mass is 342 g/mol. The minimum absolute atomic E-state index is 0.169. The van der Waals surface area contributed by atoms with Gasteiger partial charge in [-0.05, 0) is 32.0 Å². The number of carbonyl (C=O) groups excluding carboxylic acids is 1. The molecule has 1 aromatic carbocycles. The van der Waals surface area contributed by atoms with Crippen LogP contribution < -0.4 is 10.1 Å². The van der Waals surface area contributed by atoms with Gasteiger partial charge in [0, 0.05) is 12.7 Å². The van der Waals surface area contributed by atoms with E-state index in [0.29, 0.717) is 11.2 Å². The Bertz CT molecular complexity index is 936. The number of para-hydroxylation sites is 1. The first-order chi connectivity index (χ1) is 12.0. The molecule has 0 unspecified atom stereocenters. The average molecular weight is 342 g/mol. The zero-order valence-electron chi connectivity index (χ0n) is 14.3. The van der Waals surface area contributed by atoms with Crippen molar-refractivity contribution in [3.8, 4) is 5.75 Å². The maximum Gasteiger partial charge on any atom is 0.252 e. The number of rotatable bonds is 5. The number of fused-ring (bicyclic) bond motifs is 1. The van der Waals surface area contributed by atoms with E-state index in [1.54, 1.807) is 36.0 Å². The second kappa shape index (κ2) is 6.88. The number of pyridine rings is 1. The number of benzene rings is 1. The van der Waals surface area contributed by atoms with Crippen LogP contribution in [0.1, 0.15) is 21.7 Å². The number of nitrogens with zero attached hydrogens (tertiary/aromatic N) is 3. The standard InChI is InChI=1S/C18H19FN4O2/c1-11-10-13(16-12(2)22-23(3)17(16)21-11)18(24)20-8-9-25-15-7-5-4-6-14(15)19/h4-7,10H,8-9H2,1-3H3,(H,20,24).